The summed E-state index contributed by atoms with van der Waals surface area (Å²) in [7, 11) is 0. The van der Waals surface area contributed by atoms with Crippen LogP contribution in [0.5, 0.6) is 0 Å². The van der Waals surface area contributed by atoms with Crippen molar-refractivity contribution < 1.29 is 14.4 Å². The molecule has 2 N–H and O–H groups in total. The van der Waals surface area contributed by atoms with Gasteiger partial charge in [0.25, 0.3) is 5.91 Å². The highest BCUT2D eigenvalue weighted by atomic mass is 35.5. The van der Waals surface area contributed by atoms with Crippen LogP contribution in [0.2, 0.25) is 5.02 Å². The normalized spacial score (nSPS) is 12.1. The fourth-order valence-electron chi connectivity index (χ4n) is 2.97. The van der Waals surface area contributed by atoms with Gasteiger partial charge in [-0.3, -0.25) is 4.79 Å². The number of hydrogen-bond acceptors (Lipinski definition) is 4. The summed E-state index contributed by atoms with van der Waals surface area (Å²) in [5, 5.41) is 19.6. The highest BCUT2D eigenvalue weighted by molar-refractivity contribution is 6.30. The summed E-state index contributed by atoms with van der Waals surface area (Å²) in [6, 6.07) is 22.3. The van der Waals surface area contributed by atoms with Crippen LogP contribution >= 0.6 is 11.6 Å². The molecule has 0 saturated carbocycles. The Morgan fingerprint density at radius 3 is 2.68 bits per heavy atom. The zero-order valence-electron chi connectivity index (χ0n) is 14.8. The molecule has 1 atom stereocenters. The fraction of sp³-hybridized carbons (Fsp3) is 0.0909. The van der Waals surface area contributed by atoms with Gasteiger partial charge in [0.1, 0.15) is 0 Å². The number of nitrogens with one attached hydrogen (secondary N) is 1. The lowest BCUT2D eigenvalue weighted by Crippen LogP contribution is -2.28. The zero-order valence-corrected chi connectivity index (χ0v) is 15.6. The molecular formula is C22H17ClN2O3. The minimum atomic E-state index is -0.826. The van der Waals surface area contributed by atoms with Gasteiger partial charge >= 0.3 is 0 Å². The van der Waals surface area contributed by atoms with Gasteiger partial charge in [0.15, 0.2) is 11.5 Å². The van der Waals surface area contributed by atoms with Gasteiger partial charge in [0.05, 0.1) is 6.10 Å². The van der Waals surface area contributed by atoms with Crippen LogP contribution in [0.4, 0.5) is 0 Å². The van der Waals surface area contributed by atoms with Crippen molar-refractivity contribution in [1.29, 1.82) is 0 Å². The molecule has 0 saturated heterocycles. The molecule has 6 heteroatoms. The second kappa shape index (κ2) is 7.84. The maximum atomic E-state index is 12.3. The predicted octanol–water partition coefficient (Wildman–Crippen LogP) is 4.61. The number of nitrogens with zero attached hydrogens (tertiary/aromatic N) is 1. The van der Waals surface area contributed by atoms with Crippen molar-refractivity contribution in [2.75, 3.05) is 6.54 Å². The standard InChI is InChI=1S/C22H17ClN2O3/c23-18-7-3-6-17(11-18)21-12-19(25-28-21)22(27)24-13-20(26)16-9-8-14-4-1-2-5-15(14)10-16/h1-12,20,26H,13H2,(H,24,27). The highest BCUT2D eigenvalue weighted by Gasteiger charge is 2.16. The first-order chi connectivity index (χ1) is 13.6. The van der Waals surface area contributed by atoms with E-state index in [0.717, 1.165) is 21.9 Å². The number of carbonyl (C=O) groups excluding carboxylic acids is 1. The van der Waals surface area contributed by atoms with Gasteiger partial charge in [-0.05, 0) is 34.5 Å². The van der Waals surface area contributed by atoms with Crippen molar-refractivity contribution in [2.45, 2.75) is 6.10 Å². The van der Waals surface area contributed by atoms with Crippen molar-refractivity contribution >= 4 is 28.3 Å². The van der Waals surface area contributed by atoms with Gasteiger partial charge in [-0.25, -0.2) is 0 Å². The highest BCUT2D eigenvalue weighted by Crippen LogP contribution is 2.24. The molecule has 0 fully saturated rings. The Balaban J connectivity index is 1.42. The van der Waals surface area contributed by atoms with E-state index >= 15 is 0 Å². The van der Waals surface area contributed by atoms with E-state index in [1.54, 1.807) is 24.3 Å². The second-order valence-electron chi connectivity index (χ2n) is 6.42. The van der Waals surface area contributed by atoms with E-state index in [-0.39, 0.29) is 12.2 Å². The maximum Gasteiger partial charge on any atom is 0.273 e. The molecule has 28 heavy (non-hydrogen) atoms. The Bertz CT molecular complexity index is 1140. The van der Waals surface area contributed by atoms with Crippen LogP contribution in [0, 0.1) is 0 Å². The Morgan fingerprint density at radius 1 is 1.04 bits per heavy atom. The molecule has 1 amide bonds. The quantitative estimate of drug-likeness (QED) is 0.520. The van der Waals surface area contributed by atoms with Crippen molar-refractivity contribution in [3.63, 3.8) is 0 Å². The average molecular weight is 393 g/mol. The van der Waals surface area contributed by atoms with Crippen LogP contribution in [0.25, 0.3) is 22.1 Å². The number of benzene rings is 3. The number of amides is 1. The monoisotopic (exact) mass is 392 g/mol. The molecule has 0 aliphatic carbocycles. The molecule has 3 aromatic carbocycles. The summed E-state index contributed by atoms with van der Waals surface area (Å²) >= 11 is 5.97. The van der Waals surface area contributed by atoms with E-state index in [1.807, 2.05) is 48.5 Å². The van der Waals surface area contributed by atoms with Crippen LogP contribution in [0.1, 0.15) is 22.2 Å². The molecule has 1 unspecified atom stereocenters. The number of fused-ring (bicyclic) bond motifs is 1. The van der Waals surface area contributed by atoms with Gasteiger partial charge in [0, 0.05) is 23.2 Å². The van der Waals surface area contributed by atoms with Crippen molar-refractivity contribution in [3.05, 3.63) is 89.1 Å². The molecule has 0 radical (unpaired) electrons. The van der Waals surface area contributed by atoms with Gasteiger partial charge in [0.2, 0.25) is 0 Å². The lowest BCUT2D eigenvalue weighted by atomic mass is 10.0. The van der Waals surface area contributed by atoms with E-state index in [1.165, 1.54) is 0 Å². The maximum absolute atomic E-state index is 12.3. The number of aliphatic hydroxyl groups excluding tert-OH is 1. The van der Waals surface area contributed by atoms with Crippen LogP contribution in [0.15, 0.2) is 77.3 Å². The Labute approximate surface area is 166 Å². The van der Waals surface area contributed by atoms with Crippen molar-refractivity contribution in [2.24, 2.45) is 0 Å². The van der Waals surface area contributed by atoms with Crippen molar-refractivity contribution in [1.82, 2.24) is 10.5 Å². The topological polar surface area (TPSA) is 75.4 Å². The van der Waals surface area contributed by atoms with Crippen molar-refractivity contribution in [3.8, 4) is 11.3 Å². The van der Waals surface area contributed by atoms with Crippen LogP contribution < -0.4 is 5.32 Å². The number of hydrogen-bond donors (Lipinski definition) is 2. The van der Waals surface area contributed by atoms with E-state index in [9.17, 15) is 9.90 Å². The van der Waals surface area contributed by atoms with E-state index in [4.69, 9.17) is 16.1 Å². The first-order valence-corrected chi connectivity index (χ1v) is 9.15. The predicted molar refractivity (Wildman–Crippen MR) is 108 cm³/mol. The average Bonchev–Trinajstić information content (AvgIpc) is 3.22. The molecular weight excluding hydrogens is 376 g/mol. The Morgan fingerprint density at radius 2 is 1.86 bits per heavy atom. The third kappa shape index (κ3) is 3.91. The number of halogens is 1. The molecule has 4 aromatic rings. The first kappa shape index (κ1) is 18.2. The van der Waals surface area contributed by atoms with E-state index in [0.29, 0.717) is 10.8 Å². The van der Waals surface area contributed by atoms with E-state index in [2.05, 4.69) is 10.5 Å². The summed E-state index contributed by atoms with van der Waals surface area (Å²) in [6.07, 6.45) is -0.826. The summed E-state index contributed by atoms with van der Waals surface area (Å²) in [6.45, 7) is 0.0660. The number of aliphatic hydroxyl groups is 1. The number of carbonyl (C=O) groups is 1. The number of rotatable bonds is 5. The molecule has 0 spiro atoms. The first-order valence-electron chi connectivity index (χ1n) is 8.78. The minimum absolute atomic E-state index is 0.0660. The van der Waals surface area contributed by atoms with E-state index < -0.39 is 12.0 Å². The Kier molecular flexibility index (Phi) is 5.10. The number of aromatic nitrogens is 1. The van der Waals surface area contributed by atoms with Gasteiger partial charge < -0.3 is 14.9 Å². The molecule has 0 bridgehead atoms. The molecule has 0 aliphatic heterocycles. The summed E-state index contributed by atoms with van der Waals surface area (Å²) in [4.78, 5) is 12.3. The van der Waals surface area contributed by atoms with Crippen LogP contribution in [-0.4, -0.2) is 22.7 Å². The van der Waals surface area contributed by atoms with Gasteiger partial charge in [-0.15, -0.1) is 0 Å². The lowest BCUT2D eigenvalue weighted by Gasteiger charge is -2.12. The smallest absolute Gasteiger partial charge is 0.273 e. The summed E-state index contributed by atoms with van der Waals surface area (Å²) < 4.78 is 5.23. The third-order valence-electron chi connectivity index (χ3n) is 4.47. The minimum Gasteiger partial charge on any atom is -0.387 e. The van der Waals surface area contributed by atoms with Gasteiger partial charge in [-0.1, -0.05) is 65.3 Å². The zero-order chi connectivity index (χ0) is 19.5. The van der Waals surface area contributed by atoms with Crippen LogP contribution in [0.3, 0.4) is 0 Å². The summed E-state index contributed by atoms with van der Waals surface area (Å²) in [5.74, 6) is 0.0274. The van der Waals surface area contributed by atoms with Gasteiger partial charge in [-0.2, -0.15) is 0 Å². The second-order valence-corrected chi connectivity index (χ2v) is 6.86. The fourth-order valence-corrected chi connectivity index (χ4v) is 3.16. The summed E-state index contributed by atoms with van der Waals surface area (Å²) in [5.41, 5.74) is 1.61. The Hall–Kier alpha value is -3.15. The molecule has 1 aromatic heterocycles. The molecule has 4 rings (SSSR count). The SMILES string of the molecule is O=C(NCC(O)c1ccc2ccccc2c1)c1cc(-c2cccc(Cl)c2)on1. The molecule has 0 aliphatic rings. The molecule has 5 nitrogen and oxygen atoms in total. The molecule has 140 valence electrons. The van der Waals surface area contributed by atoms with Crippen LogP contribution in [-0.2, 0) is 0 Å². The largest absolute Gasteiger partial charge is 0.387 e. The third-order valence-corrected chi connectivity index (χ3v) is 4.70. The lowest BCUT2D eigenvalue weighted by molar-refractivity contribution is 0.0907. The molecule has 1 heterocycles.